The Morgan fingerprint density at radius 1 is 1.33 bits per heavy atom. The molecule has 0 saturated heterocycles. The van der Waals surface area contributed by atoms with E-state index in [1.54, 1.807) is 0 Å². The maximum Gasteiger partial charge on any atom is 0.146 e. The summed E-state index contributed by atoms with van der Waals surface area (Å²) >= 11 is 10.3. The lowest BCUT2D eigenvalue weighted by molar-refractivity contribution is 0.559. The quantitative estimate of drug-likeness (QED) is 0.523. The van der Waals surface area contributed by atoms with Crippen LogP contribution in [0.2, 0.25) is 5.15 Å². The number of aromatic nitrogens is 2. The van der Waals surface area contributed by atoms with Crippen LogP contribution in [0.25, 0.3) is 0 Å². The van der Waals surface area contributed by atoms with E-state index in [-0.39, 0.29) is 5.41 Å². The van der Waals surface area contributed by atoms with Crippen LogP contribution in [-0.2, 0) is 11.2 Å². The minimum Gasteiger partial charge on any atom is -0.235 e. The van der Waals surface area contributed by atoms with Crippen LogP contribution < -0.4 is 0 Å². The summed E-state index contributed by atoms with van der Waals surface area (Å²) in [5.41, 5.74) is 1.04. The highest BCUT2D eigenvalue weighted by Gasteiger charge is 2.22. The maximum absolute atomic E-state index is 6.21. The highest BCUT2D eigenvalue weighted by Crippen LogP contribution is 2.30. The average molecular weight is 399 g/mol. The molecular weight excluding hydrogens is 379 g/mol. The lowest BCUT2D eigenvalue weighted by Gasteiger charge is -2.20. The molecule has 2 nitrogen and oxygen atoms in total. The molecule has 0 fully saturated rings. The Balaban J connectivity index is 2.98. The van der Waals surface area contributed by atoms with E-state index >= 15 is 0 Å². The van der Waals surface area contributed by atoms with Gasteiger partial charge in [-0.2, -0.15) is 11.8 Å². The predicted molar refractivity (Wildman–Crippen MR) is 89.5 cm³/mol. The van der Waals surface area contributed by atoms with Crippen molar-refractivity contribution < 1.29 is 0 Å². The smallest absolute Gasteiger partial charge is 0.146 e. The topological polar surface area (TPSA) is 25.8 Å². The zero-order chi connectivity index (χ0) is 13.9. The van der Waals surface area contributed by atoms with Gasteiger partial charge in [-0.1, -0.05) is 46.2 Å². The van der Waals surface area contributed by atoms with E-state index in [0.29, 0.717) is 10.4 Å². The molecule has 1 aromatic rings. The minimum absolute atomic E-state index is 0.00110. The molecule has 1 atom stereocenters. The standard InChI is InChI=1S/C13H20ClIN2S/c1-6-8(2)18-7-9-16-11(13(3,4)5)10(15)12(14)17-9/h8H,6-7H2,1-5H3. The maximum atomic E-state index is 6.21. The summed E-state index contributed by atoms with van der Waals surface area (Å²) in [4.78, 5) is 9.07. The molecule has 18 heavy (non-hydrogen) atoms. The van der Waals surface area contributed by atoms with Crippen molar-refractivity contribution in [2.75, 3.05) is 0 Å². The van der Waals surface area contributed by atoms with Crippen molar-refractivity contribution in [3.8, 4) is 0 Å². The van der Waals surface area contributed by atoms with Crippen LogP contribution in [0.15, 0.2) is 0 Å². The summed E-state index contributed by atoms with van der Waals surface area (Å²) in [5, 5.41) is 1.21. The van der Waals surface area contributed by atoms with Crippen molar-refractivity contribution >= 4 is 46.0 Å². The van der Waals surface area contributed by atoms with Gasteiger partial charge in [-0.15, -0.1) is 0 Å². The summed E-state index contributed by atoms with van der Waals surface area (Å²) in [6.07, 6.45) is 1.16. The third-order valence-electron chi connectivity index (χ3n) is 2.64. The van der Waals surface area contributed by atoms with E-state index in [0.717, 1.165) is 27.3 Å². The number of hydrogen-bond acceptors (Lipinski definition) is 3. The van der Waals surface area contributed by atoms with Crippen LogP contribution in [-0.4, -0.2) is 15.2 Å². The molecule has 0 radical (unpaired) electrons. The molecule has 5 heteroatoms. The summed E-state index contributed by atoms with van der Waals surface area (Å²) in [5.74, 6) is 1.67. The fourth-order valence-corrected chi connectivity index (χ4v) is 3.40. The molecule has 0 aromatic carbocycles. The van der Waals surface area contributed by atoms with Gasteiger partial charge in [-0.25, -0.2) is 9.97 Å². The van der Waals surface area contributed by atoms with Crippen molar-refractivity contribution in [3.63, 3.8) is 0 Å². The molecule has 1 heterocycles. The summed E-state index contributed by atoms with van der Waals surface area (Å²) in [6.45, 7) is 10.9. The zero-order valence-electron chi connectivity index (χ0n) is 11.6. The van der Waals surface area contributed by atoms with Gasteiger partial charge in [0.25, 0.3) is 0 Å². The summed E-state index contributed by atoms with van der Waals surface area (Å²) in [7, 11) is 0. The van der Waals surface area contributed by atoms with Gasteiger partial charge in [0.15, 0.2) is 0 Å². The molecule has 102 valence electrons. The van der Waals surface area contributed by atoms with E-state index < -0.39 is 0 Å². The van der Waals surface area contributed by atoms with E-state index in [2.05, 4.69) is 67.2 Å². The summed E-state index contributed by atoms with van der Waals surface area (Å²) < 4.78 is 0.971. The molecule has 0 bridgehead atoms. The van der Waals surface area contributed by atoms with Crippen molar-refractivity contribution in [1.82, 2.24) is 9.97 Å². The van der Waals surface area contributed by atoms with Crippen LogP contribution in [0.4, 0.5) is 0 Å². The van der Waals surface area contributed by atoms with Crippen molar-refractivity contribution in [3.05, 3.63) is 20.2 Å². The van der Waals surface area contributed by atoms with Crippen LogP contribution in [0.5, 0.6) is 0 Å². The molecular formula is C13H20ClIN2S. The average Bonchev–Trinajstić information content (AvgIpc) is 2.28. The van der Waals surface area contributed by atoms with E-state index in [1.165, 1.54) is 0 Å². The Morgan fingerprint density at radius 3 is 2.44 bits per heavy atom. The number of halogens is 2. The van der Waals surface area contributed by atoms with Gasteiger partial charge in [0, 0.05) is 10.7 Å². The molecule has 1 rings (SSSR count). The van der Waals surface area contributed by atoms with Gasteiger partial charge in [-0.3, -0.25) is 0 Å². The van der Waals surface area contributed by atoms with Gasteiger partial charge >= 0.3 is 0 Å². The highest BCUT2D eigenvalue weighted by atomic mass is 127. The van der Waals surface area contributed by atoms with Crippen LogP contribution >= 0.6 is 46.0 Å². The van der Waals surface area contributed by atoms with Crippen LogP contribution in [0.1, 0.15) is 52.6 Å². The minimum atomic E-state index is -0.00110. The number of hydrogen-bond donors (Lipinski definition) is 0. The molecule has 0 N–H and O–H groups in total. The Bertz CT molecular complexity index is 418. The largest absolute Gasteiger partial charge is 0.235 e. The summed E-state index contributed by atoms with van der Waals surface area (Å²) in [6, 6.07) is 0. The lowest BCUT2D eigenvalue weighted by atomic mass is 9.92. The first-order valence-electron chi connectivity index (χ1n) is 6.09. The number of rotatable bonds is 4. The SMILES string of the molecule is CCC(C)SCc1nc(Cl)c(I)c(C(C)(C)C)n1. The Morgan fingerprint density at radius 2 is 1.94 bits per heavy atom. The third-order valence-corrected chi connectivity index (χ3v) is 5.58. The first-order valence-corrected chi connectivity index (χ1v) is 8.60. The van der Waals surface area contributed by atoms with Gasteiger partial charge in [0.1, 0.15) is 11.0 Å². The monoisotopic (exact) mass is 398 g/mol. The van der Waals surface area contributed by atoms with Gasteiger partial charge in [0.05, 0.1) is 15.0 Å². The molecule has 0 saturated carbocycles. The molecule has 0 aliphatic carbocycles. The molecule has 1 aromatic heterocycles. The fourth-order valence-electron chi connectivity index (χ4n) is 1.36. The van der Waals surface area contributed by atoms with E-state index in [1.807, 2.05) is 11.8 Å². The first kappa shape index (κ1) is 16.5. The predicted octanol–water partition coefficient (Wildman–Crippen LogP) is 5.06. The van der Waals surface area contributed by atoms with Crippen molar-refractivity contribution in [1.29, 1.82) is 0 Å². The second-order valence-electron chi connectivity index (χ2n) is 5.37. The third kappa shape index (κ3) is 4.53. The number of nitrogens with zero attached hydrogens (tertiary/aromatic N) is 2. The second-order valence-corrected chi connectivity index (χ2v) is 8.24. The molecule has 0 aliphatic heterocycles. The lowest BCUT2D eigenvalue weighted by Crippen LogP contribution is -2.18. The first-order chi connectivity index (χ1) is 8.25. The molecule has 0 amide bonds. The van der Waals surface area contributed by atoms with Gasteiger partial charge < -0.3 is 0 Å². The Labute approximate surface area is 133 Å². The molecule has 1 unspecified atom stereocenters. The molecule has 0 aliphatic rings. The van der Waals surface area contributed by atoms with Crippen LogP contribution in [0, 0.1) is 3.57 Å². The second kappa shape index (κ2) is 6.75. The van der Waals surface area contributed by atoms with Crippen LogP contribution in [0.3, 0.4) is 0 Å². The van der Waals surface area contributed by atoms with Crippen molar-refractivity contribution in [2.24, 2.45) is 0 Å². The molecule has 0 spiro atoms. The van der Waals surface area contributed by atoms with E-state index in [9.17, 15) is 0 Å². The van der Waals surface area contributed by atoms with Crippen molar-refractivity contribution in [2.45, 2.75) is 57.5 Å². The normalized spacial score (nSPS) is 13.7. The number of thioether (sulfide) groups is 1. The zero-order valence-corrected chi connectivity index (χ0v) is 15.3. The Kier molecular flexibility index (Phi) is 6.19. The fraction of sp³-hybridized carbons (Fsp3) is 0.692. The van der Waals surface area contributed by atoms with Gasteiger partial charge in [0.2, 0.25) is 0 Å². The Hall–Kier alpha value is 0.450. The van der Waals surface area contributed by atoms with E-state index in [4.69, 9.17) is 11.6 Å². The van der Waals surface area contributed by atoms with Gasteiger partial charge in [-0.05, 0) is 29.0 Å². The highest BCUT2D eigenvalue weighted by molar-refractivity contribution is 14.1.